The Labute approximate surface area is 163 Å². The molecule has 8 nitrogen and oxygen atoms in total. The molecule has 28 heavy (non-hydrogen) atoms. The molecule has 0 bridgehead atoms. The summed E-state index contributed by atoms with van der Waals surface area (Å²) >= 11 is 0. The van der Waals surface area contributed by atoms with Gasteiger partial charge in [-0.05, 0) is 48.9 Å². The summed E-state index contributed by atoms with van der Waals surface area (Å²) in [6, 6.07) is 14.4. The number of nitriles is 1. The number of ether oxygens (including phenoxy) is 1. The van der Waals surface area contributed by atoms with Crippen LogP contribution in [0.2, 0.25) is 0 Å². The average molecular weight is 378 g/mol. The number of H-pyrrole nitrogens is 1. The van der Waals surface area contributed by atoms with E-state index in [-0.39, 0.29) is 11.8 Å². The molecule has 3 N–H and O–H groups in total. The SMILES string of the molecule is CC.COc1cc(C)ccc1Nc1n[nH]c(=O)c(Nc2ccc(C#N)cc2)n1. The topological polar surface area (TPSA) is 116 Å². The second kappa shape index (κ2) is 9.73. The number of anilines is 4. The van der Waals surface area contributed by atoms with Gasteiger partial charge in [0.05, 0.1) is 24.4 Å². The Morgan fingerprint density at radius 3 is 2.46 bits per heavy atom. The van der Waals surface area contributed by atoms with Crippen molar-refractivity contribution in [3.8, 4) is 11.8 Å². The van der Waals surface area contributed by atoms with Crippen LogP contribution in [0.25, 0.3) is 0 Å². The zero-order chi connectivity index (χ0) is 20.5. The molecular formula is C20H22N6O2. The number of rotatable bonds is 5. The van der Waals surface area contributed by atoms with E-state index in [1.807, 2.05) is 45.0 Å². The van der Waals surface area contributed by atoms with E-state index in [9.17, 15) is 4.79 Å². The molecule has 3 aromatic rings. The Bertz CT molecular complexity index is 1020. The first-order valence-electron chi connectivity index (χ1n) is 8.74. The van der Waals surface area contributed by atoms with Crippen molar-refractivity contribution >= 4 is 23.1 Å². The van der Waals surface area contributed by atoms with Gasteiger partial charge in [0.2, 0.25) is 11.8 Å². The van der Waals surface area contributed by atoms with Crippen molar-refractivity contribution in [2.45, 2.75) is 20.8 Å². The third-order valence-corrected chi connectivity index (χ3v) is 3.58. The summed E-state index contributed by atoms with van der Waals surface area (Å²) in [5.74, 6) is 0.933. The fourth-order valence-corrected chi connectivity index (χ4v) is 2.27. The normalized spacial score (nSPS) is 9.54. The summed E-state index contributed by atoms with van der Waals surface area (Å²) in [6.45, 7) is 5.96. The maximum Gasteiger partial charge on any atom is 0.307 e. The molecule has 0 amide bonds. The van der Waals surface area contributed by atoms with Gasteiger partial charge in [-0.15, -0.1) is 5.10 Å². The highest BCUT2D eigenvalue weighted by molar-refractivity contribution is 5.64. The Morgan fingerprint density at radius 2 is 1.82 bits per heavy atom. The average Bonchev–Trinajstić information content (AvgIpc) is 2.73. The molecule has 0 saturated carbocycles. The molecule has 0 fully saturated rings. The number of aromatic amines is 1. The van der Waals surface area contributed by atoms with Crippen LogP contribution in [-0.2, 0) is 0 Å². The Morgan fingerprint density at radius 1 is 1.11 bits per heavy atom. The number of methoxy groups -OCH3 is 1. The van der Waals surface area contributed by atoms with Crippen LogP contribution in [-0.4, -0.2) is 22.3 Å². The minimum Gasteiger partial charge on any atom is -0.495 e. The molecule has 2 aromatic carbocycles. The van der Waals surface area contributed by atoms with Crippen LogP contribution in [0.15, 0.2) is 47.3 Å². The first-order valence-corrected chi connectivity index (χ1v) is 8.74. The van der Waals surface area contributed by atoms with Crippen molar-refractivity contribution in [3.63, 3.8) is 0 Å². The molecule has 3 rings (SSSR count). The third-order valence-electron chi connectivity index (χ3n) is 3.58. The summed E-state index contributed by atoms with van der Waals surface area (Å²) in [5, 5.41) is 21.1. The first-order chi connectivity index (χ1) is 13.6. The summed E-state index contributed by atoms with van der Waals surface area (Å²) in [5.41, 5.74) is 2.43. The lowest BCUT2D eigenvalue weighted by atomic mass is 10.2. The van der Waals surface area contributed by atoms with Gasteiger partial charge in [0, 0.05) is 5.69 Å². The van der Waals surface area contributed by atoms with E-state index in [2.05, 4.69) is 25.8 Å². The lowest BCUT2D eigenvalue weighted by molar-refractivity contribution is 0.416. The van der Waals surface area contributed by atoms with Crippen LogP contribution >= 0.6 is 0 Å². The Hall–Kier alpha value is -3.86. The standard InChI is InChI=1S/C18H16N6O2.C2H6/c1-11-3-8-14(15(9-11)26-2)21-18-22-16(17(25)23-24-18)20-13-6-4-12(10-19)5-7-13;1-2/h3-9H,1-2H3,(H,23,25)(H2,20,21,22,24);1-2H3. The van der Waals surface area contributed by atoms with Gasteiger partial charge >= 0.3 is 5.56 Å². The maximum absolute atomic E-state index is 12.0. The Kier molecular flexibility index (Phi) is 7.11. The molecule has 0 saturated heterocycles. The van der Waals surface area contributed by atoms with E-state index in [1.165, 1.54) is 0 Å². The zero-order valence-corrected chi connectivity index (χ0v) is 16.2. The lowest BCUT2D eigenvalue weighted by Gasteiger charge is -2.11. The highest BCUT2D eigenvalue weighted by atomic mass is 16.5. The van der Waals surface area contributed by atoms with E-state index in [1.54, 1.807) is 31.4 Å². The molecule has 0 aliphatic rings. The summed E-state index contributed by atoms with van der Waals surface area (Å²) in [6.07, 6.45) is 0. The molecular weight excluding hydrogens is 356 g/mol. The van der Waals surface area contributed by atoms with Crippen molar-refractivity contribution in [1.29, 1.82) is 5.26 Å². The van der Waals surface area contributed by atoms with Gasteiger partial charge in [-0.3, -0.25) is 4.79 Å². The number of aryl methyl sites for hydroxylation is 1. The van der Waals surface area contributed by atoms with Crippen LogP contribution in [0.5, 0.6) is 5.75 Å². The number of aromatic nitrogens is 3. The largest absolute Gasteiger partial charge is 0.495 e. The van der Waals surface area contributed by atoms with E-state index < -0.39 is 5.56 Å². The van der Waals surface area contributed by atoms with Crippen LogP contribution < -0.4 is 20.9 Å². The second-order valence-corrected chi connectivity index (χ2v) is 5.48. The maximum atomic E-state index is 12.0. The van der Waals surface area contributed by atoms with Gasteiger partial charge in [0.25, 0.3) is 0 Å². The van der Waals surface area contributed by atoms with Crippen LogP contribution in [0.3, 0.4) is 0 Å². The van der Waals surface area contributed by atoms with Crippen molar-refractivity contribution in [2.24, 2.45) is 0 Å². The van der Waals surface area contributed by atoms with Gasteiger partial charge in [-0.25, -0.2) is 5.10 Å². The monoisotopic (exact) mass is 378 g/mol. The number of benzene rings is 2. The summed E-state index contributed by atoms with van der Waals surface area (Å²) in [7, 11) is 1.57. The minimum absolute atomic E-state index is 0.0817. The number of nitrogens with one attached hydrogen (secondary N) is 3. The van der Waals surface area contributed by atoms with Crippen molar-refractivity contribution in [2.75, 3.05) is 17.7 Å². The lowest BCUT2D eigenvalue weighted by Crippen LogP contribution is -2.17. The van der Waals surface area contributed by atoms with Gasteiger partial charge in [0.15, 0.2) is 0 Å². The van der Waals surface area contributed by atoms with Crippen molar-refractivity contribution < 1.29 is 4.74 Å². The molecule has 0 radical (unpaired) electrons. The van der Waals surface area contributed by atoms with Crippen molar-refractivity contribution in [1.82, 2.24) is 15.2 Å². The van der Waals surface area contributed by atoms with Gasteiger partial charge in [0.1, 0.15) is 5.75 Å². The molecule has 1 heterocycles. The fourth-order valence-electron chi connectivity index (χ4n) is 2.27. The Balaban J connectivity index is 0.00000136. The molecule has 144 valence electrons. The predicted octanol–water partition coefficient (Wildman–Crippen LogP) is 3.87. The number of hydrogen-bond acceptors (Lipinski definition) is 7. The highest BCUT2D eigenvalue weighted by Gasteiger charge is 2.09. The summed E-state index contributed by atoms with van der Waals surface area (Å²) in [4.78, 5) is 16.2. The van der Waals surface area contributed by atoms with E-state index >= 15 is 0 Å². The molecule has 0 unspecified atom stereocenters. The van der Waals surface area contributed by atoms with E-state index in [0.717, 1.165) is 5.56 Å². The molecule has 1 aromatic heterocycles. The predicted molar refractivity (Wildman–Crippen MR) is 109 cm³/mol. The van der Waals surface area contributed by atoms with Crippen molar-refractivity contribution in [3.05, 3.63) is 63.9 Å². The van der Waals surface area contributed by atoms with Gasteiger partial charge in [-0.1, -0.05) is 19.9 Å². The minimum atomic E-state index is -0.462. The molecule has 8 heteroatoms. The summed E-state index contributed by atoms with van der Waals surface area (Å²) < 4.78 is 5.34. The van der Waals surface area contributed by atoms with E-state index in [0.29, 0.717) is 22.7 Å². The van der Waals surface area contributed by atoms with E-state index in [4.69, 9.17) is 10.00 Å². The fraction of sp³-hybridized carbons (Fsp3) is 0.200. The van der Waals surface area contributed by atoms with Gasteiger partial charge in [-0.2, -0.15) is 10.2 Å². The smallest absolute Gasteiger partial charge is 0.307 e. The molecule has 0 spiro atoms. The zero-order valence-electron chi connectivity index (χ0n) is 16.2. The van der Waals surface area contributed by atoms with Crippen LogP contribution in [0, 0.1) is 18.3 Å². The number of hydrogen-bond donors (Lipinski definition) is 3. The molecule has 0 aliphatic carbocycles. The highest BCUT2D eigenvalue weighted by Crippen LogP contribution is 2.27. The first kappa shape index (κ1) is 20.5. The molecule has 0 aliphatic heterocycles. The second-order valence-electron chi connectivity index (χ2n) is 5.48. The van der Waals surface area contributed by atoms with Gasteiger partial charge < -0.3 is 15.4 Å². The quantitative estimate of drug-likeness (QED) is 0.617. The third kappa shape index (κ3) is 5.08. The van der Waals surface area contributed by atoms with Crippen LogP contribution in [0.1, 0.15) is 25.0 Å². The van der Waals surface area contributed by atoms with Crippen LogP contribution in [0.4, 0.5) is 23.1 Å². The number of nitrogens with zero attached hydrogens (tertiary/aromatic N) is 3. The molecule has 0 atom stereocenters.